The topological polar surface area (TPSA) is 21.3 Å². The van der Waals surface area contributed by atoms with E-state index in [4.69, 9.17) is 4.74 Å². The van der Waals surface area contributed by atoms with Crippen molar-refractivity contribution in [3.8, 4) is 5.75 Å². The number of methoxy groups -OCH3 is 1. The summed E-state index contributed by atoms with van der Waals surface area (Å²) in [5, 5.41) is 3.57. The highest BCUT2D eigenvalue weighted by Gasteiger charge is 2.20. The molecular weight excluding hydrogens is 278 g/mol. The molecule has 0 heterocycles. The summed E-state index contributed by atoms with van der Waals surface area (Å²) in [4.78, 5) is 0. The van der Waals surface area contributed by atoms with Crippen LogP contribution in [0.5, 0.6) is 5.75 Å². The molecule has 1 unspecified atom stereocenters. The fourth-order valence-electron chi connectivity index (χ4n) is 1.98. The average molecular weight is 298 g/mol. The molecule has 1 aliphatic rings. The zero-order valence-electron chi connectivity index (χ0n) is 10.5. The third-order valence-electron chi connectivity index (χ3n) is 3.38. The van der Waals surface area contributed by atoms with Gasteiger partial charge in [0, 0.05) is 6.04 Å². The molecule has 0 spiro atoms. The van der Waals surface area contributed by atoms with Gasteiger partial charge in [0.05, 0.1) is 11.6 Å². The van der Waals surface area contributed by atoms with Crippen LogP contribution in [0.1, 0.15) is 37.8 Å². The maximum atomic E-state index is 5.23. The van der Waals surface area contributed by atoms with Crippen molar-refractivity contribution >= 4 is 15.9 Å². The van der Waals surface area contributed by atoms with Gasteiger partial charge in [0.1, 0.15) is 5.75 Å². The van der Waals surface area contributed by atoms with E-state index in [9.17, 15) is 0 Å². The number of hydrogen-bond acceptors (Lipinski definition) is 2. The molecule has 94 valence electrons. The Hall–Kier alpha value is -0.540. The Bertz CT molecular complexity index is 376. The van der Waals surface area contributed by atoms with Gasteiger partial charge in [-0.25, -0.2) is 0 Å². The number of benzene rings is 1. The largest absolute Gasteiger partial charge is 0.496 e. The molecule has 0 radical (unpaired) electrons. The first-order chi connectivity index (χ1) is 8.20. The molecule has 1 aromatic rings. The van der Waals surface area contributed by atoms with Crippen molar-refractivity contribution in [2.24, 2.45) is 5.92 Å². The number of rotatable bonds is 6. The molecule has 0 saturated heterocycles. The third kappa shape index (κ3) is 3.71. The Kier molecular flexibility index (Phi) is 4.46. The first-order valence-electron chi connectivity index (χ1n) is 6.27. The maximum absolute atomic E-state index is 5.23. The molecule has 2 nitrogen and oxygen atoms in total. The predicted octanol–water partition coefficient (Wildman–Crippen LogP) is 3.91. The Labute approximate surface area is 112 Å². The molecule has 0 bridgehead atoms. The summed E-state index contributed by atoms with van der Waals surface area (Å²) < 4.78 is 6.25. The van der Waals surface area contributed by atoms with E-state index in [1.165, 1.54) is 24.8 Å². The first-order valence-corrected chi connectivity index (χ1v) is 7.07. The van der Waals surface area contributed by atoms with E-state index >= 15 is 0 Å². The van der Waals surface area contributed by atoms with Crippen molar-refractivity contribution in [2.45, 2.75) is 32.2 Å². The molecule has 1 aromatic carbocycles. The monoisotopic (exact) mass is 297 g/mol. The predicted molar refractivity (Wildman–Crippen MR) is 74.5 cm³/mol. The Morgan fingerprint density at radius 2 is 2.24 bits per heavy atom. The second-order valence-electron chi connectivity index (χ2n) is 4.80. The minimum atomic E-state index is 0.399. The van der Waals surface area contributed by atoms with Crippen LogP contribution in [0.4, 0.5) is 0 Å². The van der Waals surface area contributed by atoms with E-state index in [1.54, 1.807) is 7.11 Å². The van der Waals surface area contributed by atoms with Crippen LogP contribution in [-0.4, -0.2) is 13.7 Å². The van der Waals surface area contributed by atoms with Gasteiger partial charge in [-0.05, 0) is 59.4 Å². The highest BCUT2D eigenvalue weighted by molar-refractivity contribution is 9.10. The molecule has 17 heavy (non-hydrogen) atoms. The number of hydrogen-bond donors (Lipinski definition) is 1. The molecule has 1 aliphatic carbocycles. The molecule has 1 fully saturated rings. The normalized spacial score (nSPS) is 16.9. The maximum Gasteiger partial charge on any atom is 0.133 e. The van der Waals surface area contributed by atoms with Crippen molar-refractivity contribution in [1.29, 1.82) is 0 Å². The summed E-state index contributed by atoms with van der Waals surface area (Å²) in [7, 11) is 1.69. The summed E-state index contributed by atoms with van der Waals surface area (Å²) in [5.41, 5.74) is 1.30. The van der Waals surface area contributed by atoms with Crippen LogP contribution >= 0.6 is 15.9 Å². The molecule has 1 N–H and O–H groups in total. The van der Waals surface area contributed by atoms with Crippen LogP contribution in [0.2, 0.25) is 0 Å². The lowest BCUT2D eigenvalue weighted by molar-refractivity contribution is 0.411. The van der Waals surface area contributed by atoms with Crippen LogP contribution in [-0.2, 0) is 0 Å². The highest BCUT2D eigenvalue weighted by Crippen LogP contribution is 2.32. The van der Waals surface area contributed by atoms with Gasteiger partial charge in [-0.15, -0.1) is 0 Å². The van der Waals surface area contributed by atoms with E-state index in [-0.39, 0.29) is 0 Å². The van der Waals surface area contributed by atoms with E-state index < -0.39 is 0 Å². The van der Waals surface area contributed by atoms with Gasteiger partial charge in [0.25, 0.3) is 0 Å². The lowest BCUT2D eigenvalue weighted by Crippen LogP contribution is -2.20. The summed E-state index contributed by atoms with van der Waals surface area (Å²) in [6, 6.07) is 6.67. The van der Waals surface area contributed by atoms with Crippen molar-refractivity contribution in [1.82, 2.24) is 5.32 Å². The highest BCUT2D eigenvalue weighted by atomic mass is 79.9. The molecule has 3 heteroatoms. The first kappa shape index (κ1) is 12.9. The summed E-state index contributed by atoms with van der Waals surface area (Å²) in [6.07, 6.45) is 4.19. The second kappa shape index (κ2) is 5.87. The molecule has 0 amide bonds. The van der Waals surface area contributed by atoms with Gasteiger partial charge in [-0.2, -0.15) is 0 Å². The zero-order chi connectivity index (χ0) is 12.3. The summed E-state index contributed by atoms with van der Waals surface area (Å²) in [6.45, 7) is 3.33. The minimum Gasteiger partial charge on any atom is -0.496 e. The van der Waals surface area contributed by atoms with Gasteiger partial charge in [0.15, 0.2) is 0 Å². The molecule has 1 saturated carbocycles. The zero-order valence-corrected chi connectivity index (χ0v) is 12.1. The minimum absolute atomic E-state index is 0.399. The summed E-state index contributed by atoms with van der Waals surface area (Å²) in [5.74, 6) is 1.89. The molecule has 0 aliphatic heterocycles. The average Bonchev–Trinajstić information content (AvgIpc) is 3.13. The standard InChI is InChI=1S/C14H20BrNO/c1-10(16-8-7-11-3-4-11)12-5-6-14(17-2)13(15)9-12/h5-6,9-11,16H,3-4,7-8H2,1-2H3. The Balaban J connectivity index is 1.88. The fourth-order valence-corrected chi connectivity index (χ4v) is 2.54. The fraction of sp³-hybridized carbons (Fsp3) is 0.571. The van der Waals surface area contributed by atoms with Gasteiger partial charge < -0.3 is 10.1 Å². The van der Waals surface area contributed by atoms with Gasteiger partial charge in [-0.3, -0.25) is 0 Å². The lowest BCUT2D eigenvalue weighted by atomic mass is 10.1. The number of halogens is 1. The van der Waals surface area contributed by atoms with E-state index in [0.717, 1.165) is 22.7 Å². The smallest absolute Gasteiger partial charge is 0.133 e. The molecule has 1 atom stereocenters. The quantitative estimate of drug-likeness (QED) is 0.860. The van der Waals surface area contributed by atoms with Crippen molar-refractivity contribution < 1.29 is 4.74 Å². The van der Waals surface area contributed by atoms with Crippen molar-refractivity contribution in [2.75, 3.05) is 13.7 Å². The van der Waals surface area contributed by atoms with E-state index in [0.29, 0.717) is 6.04 Å². The molecular formula is C14H20BrNO. The number of nitrogens with one attached hydrogen (secondary N) is 1. The van der Waals surface area contributed by atoms with Gasteiger partial charge in [0.2, 0.25) is 0 Å². The van der Waals surface area contributed by atoms with Crippen LogP contribution in [0, 0.1) is 5.92 Å². The lowest BCUT2D eigenvalue weighted by Gasteiger charge is -2.15. The van der Waals surface area contributed by atoms with Crippen LogP contribution < -0.4 is 10.1 Å². The summed E-state index contributed by atoms with van der Waals surface area (Å²) >= 11 is 3.52. The Morgan fingerprint density at radius 1 is 1.47 bits per heavy atom. The van der Waals surface area contributed by atoms with Gasteiger partial charge >= 0.3 is 0 Å². The Morgan fingerprint density at radius 3 is 2.82 bits per heavy atom. The van der Waals surface area contributed by atoms with Crippen molar-refractivity contribution in [3.05, 3.63) is 28.2 Å². The molecule has 2 rings (SSSR count). The van der Waals surface area contributed by atoms with Gasteiger partial charge in [-0.1, -0.05) is 18.9 Å². The van der Waals surface area contributed by atoms with E-state index in [2.05, 4.69) is 40.3 Å². The SMILES string of the molecule is COc1ccc(C(C)NCCC2CC2)cc1Br. The van der Waals surface area contributed by atoms with Crippen molar-refractivity contribution in [3.63, 3.8) is 0 Å². The second-order valence-corrected chi connectivity index (χ2v) is 5.66. The van der Waals surface area contributed by atoms with E-state index in [1.807, 2.05) is 6.07 Å². The van der Waals surface area contributed by atoms with Crippen LogP contribution in [0.15, 0.2) is 22.7 Å². The number of ether oxygens (including phenoxy) is 1. The third-order valence-corrected chi connectivity index (χ3v) is 4.00. The molecule has 0 aromatic heterocycles. The van der Waals surface area contributed by atoms with Crippen LogP contribution in [0.3, 0.4) is 0 Å². The van der Waals surface area contributed by atoms with Crippen LogP contribution in [0.25, 0.3) is 0 Å².